The first kappa shape index (κ1) is 26.3. The van der Waals surface area contributed by atoms with Crippen molar-refractivity contribution in [1.29, 1.82) is 5.26 Å². The minimum Gasteiger partial charge on any atom is -0.390 e. The fourth-order valence-electron chi connectivity index (χ4n) is 5.25. The quantitative estimate of drug-likeness (QED) is 0.462. The zero-order valence-electron chi connectivity index (χ0n) is 20.9. The van der Waals surface area contributed by atoms with Crippen LogP contribution in [0.2, 0.25) is 5.02 Å². The Labute approximate surface area is 225 Å². The molecule has 1 aliphatic heterocycles. The number of halogens is 2. The largest absolute Gasteiger partial charge is 0.390 e. The van der Waals surface area contributed by atoms with Crippen molar-refractivity contribution in [2.24, 2.45) is 0 Å². The summed E-state index contributed by atoms with van der Waals surface area (Å²) in [4.78, 5) is 19.3. The molecule has 3 aromatic rings. The van der Waals surface area contributed by atoms with Crippen molar-refractivity contribution in [3.05, 3.63) is 99.1 Å². The number of pyridine rings is 1. The maximum atomic E-state index is 15.7. The summed E-state index contributed by atoms with van der Waals surface area (Å²) in [5, 5.41) is 31.0. The summed E-state index contributed by atoms with van der Waals surface area (Å²) in [6.45, 7) is 3.03. The summed E-state index contributed by atoms with van der Waals surface area (Å²) in [6.07, 6.45) is -0.162. The summed E-state index contributed by atoms with van der Waals surface area (Å²) in [7, 11) is 0. The Morgan fingerprint density at radius 1 is 1.24 bits per heavy atom. The number of ether oxygens (including phenoxy) is 1. The highest BCUT2D eigenvalue weighted by molar-refractivity contribution is 6.30. The smallest absolute Gasteiger partial charge is 0.257 e. The second-order valence-electron chi connectivity index (χ2n) is 10.3. The predicted octanol–water partition coefficient (Wildman–Crippen LogP) is 4.95. The molecule has 0 radical (unpaired) electrons. The fourth-order valence-corrected chi connectivity index (χ4v) is 5.44. The molecule has 1 fully saturated rings. The van der Waals surface area contributed by atoms with E-state index >= 15 is 4.39 Å². The second kappa shape index (κ2) is 10.1. The number of nitrogens with zero attached hydrogens (tertiary/aromatic N) is 3. The Bertz CT molecular complexity index is 1420. The van der Waals surface area contributed by atoms with Crippen molar-refractivity contribution in [1.82, 2.24) is 9.88 Å². The molecule has 196 valence electrons. The van der Waals surface area contributed by atoms with E-state index in [4.69, 9.17) is 21.6 Å². The van der Waals surface area contributed by atoms with E-state index in [0.29, 0.717) is 29.1 Å². The first-order chi connectivity index (χ1) is 18.1. The van der Waals surface area contributed by atoms with Gasteiger partial charge < -0.3 is 19.8 Å². The normalized spacial score (nSPS) is 23.0. The fraction of sp³-hybridized carbons (Fsp3) is 0.345. The van der Waals surface area contributed by atoms with Crippen molar-refractivity contribution in [3.8, 4) is 6.07 Å². The molecule has 0 saturated heterocycles. The van der Waals surface area contributed by atoms with Crippen LogP contribution in [-0.2, 0) is 16.9 Å². The van der Waals surface area contributed by atoms with Crippen molar-refractivity contribution in [3.63, 3.8) is 0 Å². The first-order valence-electron chi connectivity index (χ1n) is 12.4. The number of aliphatic hydroxyl groups excluding tert-OH is 1. The lowest BCUT2D eigenvalue weighted by Crippen LogP contribution is -2.36. The number of rotatable bonds is 6. The van der Waals surface area contributed by atoms with Crippen LogP contribution in [0.5, 0.6) is 0 Å². The lowest BCUT2D eigenvalue weighted by molar-refractivity contribution is -0.120. The molecule has 0 bridgehead atoms. The van der Waals surface area contributed by atoms with Gasteiger partial charge in [-0.25, -0.2) is 4.39 Å². The molecule has 1 saturated carbocycles. The van der Waals surface area contributed by atoms with Gasteiger partial charge in [-0.15, -0.1) is 0 Å². The van der Waals surface area contributed by atoms with E-state index in [1.165, 1.54) is 37.1 Å². The van der Waals surface area contributed by atoms with E-state index in [9.17, 15) is 15.0 Å². The number of hydrogen-bond donors (Lipinski definition) is 2. The summed E-state index contributed by atoms with van der Waals surface area (Å²) in [6, 6.07) is 15.3. The zero-order valence-corrected chi connectivity index (χ0v) is 21.7. The molecule has 1 aromatic heterocycles. The molecule has 38 heavy (non-hydrogen) atoms. The molecule has 1 aliphatic carbocycles. The number of fused-ring (bicyclic) bond motifs is 1. The van der Waals surface area contributed by atoms with Crippen molar-refractivity contribution in [2.75, 3.05) is 0 Å². The van der Waals surface area contributed by atoms with Gasteiger partial charge in [-0.1, -0.05) is 23.7 Å². The van der Waals surface area contributed by atoms with Gasteiger partial charge >= 0.3 is 0 Å². The zero-order chi connectivity index (χ0) is 27.2. The monoisotopic (exact) mass is 535 g/mol. The van der Waals surface area contributed by atoms with Gasteiger partial charge in [0.2, 0.25) is 0 Å². The molecule has 0 spiro atoms. The Hall–Kier alpha value is -3.35. The molecule has 2 aliphatic rings. The molecule has 2 aromatic carbocycles. The number of carbonyl (C=O) groups is 1. The average Bonchev–Trinajstić information content (AvgIpc) is 3.37. The molecule has 5 rings (SSSR count). The lowest BCUT2D eigenvalue weighted by atomic mass is 9.93. The van der Waals surface area contributed by atoms with Crippen molar-refractivity contribution >= 4 is 17.5 Å². The number of benzene rings is 2. The minimum atomic E-state index is -1.37. The van der Waals surface area contributed by atoms with Gasteiger partial charge in [0.15, 0.2) is 6.23 Å². The van der Waals surface area contributed by atoms with Crippen LogP contribution < -0.4 is 0 Å². The Morgan fingerprint density at radius 3 is 2.68 bits per heavy atom. The van der Waals surface area contributed by atoms with Gasteiger partial charge in [-0.2, -0.15) is 5.26 Å². The van der Waals surface area contributed by atoms with Gasteiger partial charge in [0, 0.05) is 22.7 Å². The van der Waals surface area contributed by atoms with Crippen LogP contribution in [0, 0.1) is 17.1 Å². The van der Waals surface area contributed by atoms with Crippen LogP contribution in [0.25, 0.3) is 0 Å². The highest BCUT2D eigenvalue weighted by Gasteiger charge is 2.46. The molecule has 2 heterocycles. The third-order valence-electron chi connectivity index (χ3n) is 7.26. The maximum Gasteiger partial charge on any atom is 0.257 e. The van der Waals surface area contributed by atoms with Crippen LogP contribution in [-0.4, -0.2) is 38.2 Å². The molecule has 1 amide bonds. The molecule has 9 heteroatoms. The summed E-state index contributed by atoms with van der Waals surface area (Å²) in [5.74, 6) is -1.37. The Balaban J connectivity index is 1.55. The van der Waals surface area contributed by atoms with Crippen LogP contribution in [0.3, 0.4) is 0 Å². The highest BCUT2D eigenvalue weighted by Crippen LogP contribution is 2.45. The second-order valence-corrected chi connectivity index (χ2v) is 10.8. The third-order valence-corrected chi connectivity index (χ3v) is 7.49. The molecule has 4 atom stereocenters. The number of amides is 1. The number of aromatic nitrogens is 1. The summed E-state index contributed by atoms with van der Waals surface area (Å²) < 4.78 is 22.1. The molecule has 7 nitrogen and oxygen atoms in total. The van der Waals surface area contributed by atoms with E-state index < -0.39 is 35.8 Å². The van der Waals surface area contributed by atoms with E-state index in [1.54, 1.807) is 18.2 Å². The molecular weight excluding hydrogens is 509 g/mol. The van der Waals surface area contributed by atoms with Gasteiger partial charge in [-0.3, -0.25) is 9.78 Å². The third kappa shape index (κ3) is 4.91. The summed E-state index contributed by atoms with van der Waals surface area (Å²) >= 11 is 6.22. The number of nitriles is 1. The van der Waals surface area contributed by atoms with Gasteiger partial charge in [0.25, 0.3) is 5.91 Å². The van der Waals surface area contributed by atoms with Crippen LogP contribution in [0.15, 0.2) is 54.7 Å². The average molecular weight is 536 g/mol. The topological polar surface area (TPSA) is 107 Å². The Morgan fingerprint density at radius 2 is 2.03 bits per heavy atom. The molecule has 2 N–H and O–H groups in total. The number of carbonyl (C=O) groups excluding carboxylic acids is 1. The molecule has 1 unspecified atom stereocenters. The van der Waals surface area contributed by atoms with Crippen LogP contribution in [0.1, 0.15) is 77.1 Å². The van der Waals surface area contributed by atoms with E-state index in [2.05, 4.69) is 4.98 Å². The SMILES string of the molecule is CC(C)(O)c1cc(F)c2c(c1)C(=O)N(Cc1ccc(C#N)cn1)[C@H]2O[C@@H]1C(c2cccc(Cl)c2)CC[C@@H]1O. The van der Waals surface area contributed by atoms with Crippen LogP contribution in [0.4, 0.5) is 4.39 Å². The predicted molar refractivity (Wildman–Crippen MR) is 138 cm³/mol. The van der Waals surface area contributed by atoms with E-state index in [0.717, 1.165) is 5.56 Å². The summed E-state index contributed by atoms with van der Waals surface area (Å²) in [5.41, 5.74) is 0.789. The number of hydrogen-bond acceptors (Lipinski definition) is 6. The van der Waals surface area contributed by atoms with E-state index in [-0.39, 0.29) is 29.2 Å². The van der Waals surface area contributed by atoms with Gasteiger partial charge in [0.05, 0.1) is 41.2 Å². The Kier molecular flexibility index (Phi) is 6.97. The highest BCUT2D eigenvalue weighted by atomic mass is 35.5. The minimum absolute atomic E-state index is 0.00811. The maximum absolute atomic E-state index is 15.7. The van der Waals surface area contributed by atoms with Crippen molar-refractivity contribution < 1.29 is 24.1 Å². The van der Waals surface area contributed by atoms with Gasteiger partial charge in [-0.05, 0) is 74.2 Å². The number of aliphatic hydroxyl groups is 2. The van der Waals surface area contributed by atoms with Crippen LogP contribution >= 0.6 is 11.6 Å². The first-order valence-corrected chi connectivity index (χ1v) is 12.8. The molecular formula is C29H27ClFN3O4. The van der Waals surface area contributed by atoms with E-state index in [1.807, 2.05) is 24.3 Å². The standard InChI is InChI=1S/C29H27ClFN3O4/c1-29(2,37)18-11-22-25(23(31)12-18)28(34(27(22)36)15-20-7-6-16(13-32)14-33-20)38-26-21(8-9-24(26)35)17-4-3-5-19(30)10-17/h3-7,10-12,14,21,24,26,28,35,37H,8-9,15H2,1-2H3/t21?,24-,26+,28-/m0/s1. The van der Waals surface area contributed by atoms with Crippen molar-refractivity contribution in [2.45, 2.75) is 63.2 Å². The van der Waals surface area contributed by atoms with Gasteiger partial charge in [0.1, 0.15) is 11.9 Å². The lowest BCUT2D eigenvalue weighted by Gasteiger charge is -2.32.